The van der Waals surface area contributed by atoms with Gasteiger partial charge in [-0.25, -0.2) is 14.8 Å². The van der Waals surface area contributed by atoms with Crippen LogP contribution in [0.15, 0.2) is 36.9 Å². The van der Waals surface area contributed by atoms with Crippen molar-refractivity contribution in [2.75, 3.05) is 4.90 Å². The Bertz CT molecular complexity index is 1180. The van der Waals surface area contributed by atoms with Gasteiger partial charge in [0.05, 0.1) is 17.9 Å². The molecule has 1 amide bonds. The van der Waals surface area contributed by atoms with Crippen LogP contribution < -0.4 is 9.64 Å². The minimum atomic E-state index is -0.955. The van der Waals surface area contributed by atoms with Crippen molar-refractivity contribution in [2.24, 2.45) is 0 Å². The average Bonchev–Trinajstić information content (AvgIpc) is 3.72. The van der Waals surface area contributed by atoms with Crippen LogP contribution in [0.1, 0.15) is 62.1 Å². The van der Waals surface area contributed by atoms with E-state index in [0.29, 0.717) is 23.4 Å². The Kier molecular flexibility index (Phi) is 4.41. The molecule has 164 valence electrons. The fourth-order valence-electron chi connectivity index (χ4n) is 4.55. The normalized spacial score (nSPS) is 20.2. The molecule has 2 aromatic heterocycles. The molecule has 2 saturated carbocycles. The lowest BCUT2D eigenvalue weighted by Gasteiger charge is -2.34. The highest BCUT2D eigenvalue weighted by molar-refractivity contribution is 5.91. The van der Waals surface area contributed by atoms with Crippen LogP contribution in [0, 0.1) is 0 Å². The first-order valence-electron chi connectivity index (χ1n) is 11.3. The van der Waals surface area contributed by atoms with E-state index in [2.05, 4.69) is 15.1 Å². The van der Waals surface area contributed by atoms with E-state index in [1.807, 2.05) is 48.5 Å². The Hall–Kier alpha value is -3.42. The zero-order valence-corrected chi connectivity index (χ0v) is 17.9. The van der Waals surface area contributed by atoms with Crippen molar-refractivity contribution in [1.29, 1.82) is 0 Å². The van der Waals surface area contributed by atoms with Gasteiger partial charge in [-0.3, -0.25) is 9.58 Å². The number of fused-ring (bicyclic) bond motifs is 1. The molecule has 3 aromatic rings. The highest BCUT2D eigenvalue weighted by Gasteiger charge is 2.32. The number of hydrogen-bond acceptors (Lipinski definition) is 5. The summed E-state index contributed by atoms with van der Waals surface area (Å²) in [5.74, 6) is 1.19. The Balaban J connectivity index is 1.44. The van der Waals surface area contributed by atoms with Gasteiger partial charge in [0, 0.05) is 41.3 Å². The SMILES string of the molecule is C[C@H]1CCc2c(ccc(-c3cnn(C4CC4)c3)c2Oc2ncc(C3CC3)cn2)N1C(=O)O. The van der Waals surface area contributed by atoms with Crippen LogP contribution in [0.4, 0.5) is 10.5 Å². The molecule has 0 radical (unpaired) electrons. The summed E-state index contributed by atoms with van der Waals surface area (Å²) in [6, 6.07) is 4.47. The van der Waals surface area contributed by atoms with E-state index in [1.165, 1.54) is 17.7 Å². The van der Waals surface area contributed by atoms with Crippen LogP contribution in [0.2, 0.25) is 0 Å². The summed E-state index contributed by atoms with van der Waals surface area (Å²) in [5.41, 5.74) is 4.51. The van der Waals surface area contributed by atoms with Gasteiger partial charge in [-0.05, 0) is 69.1 Å². The Morgan fingerprint density at radius 1 is 1.09 bits per heavy atom. The zero-order chi connectivity index (χ0) is 21.8. The molecule has 32 heavy (non-hydrogen) atoms. The van der Waals surface area contributed by atoms with E-state index >= 15 is 0 Å². The number of benzene rings is 1. The van der Waals surface area contributed by atoms with E-state index in [-0.39, 0.29) is 12.1 Å². The van der Waals surface area contributed by atoms with Gasteiger partial charge in [0.25, 0.3) is 0 Å². The van der Waals surface area contributed by atoms with Gasteiger partial charge in [0.15, 0.2) is 0 Å². The molecule has 0 spiro atoms. The van der Waals surface area contributed by atoms with Crippen molar-refractivity contribution in [3.63, 3.8) is 0 Å². The quantitative estimate of drug-likeness (QED) is 0.599. The van der Waals surface area contributed by atoms with Crippen molar-refractivity contribution in [2.45, 2.75) is 63.5 Å². The zero-order valence-electron chi connectivity index (χ0n) is 17.9. The largest absolute Gasteiger partial charge is 0.465 e. The first-order chi connectivity index (χ1) is 15.6. The predicted octanol–water partition coefficient (Wildman–Crippen LogP) is 5.16. The van der Waals surface area contributed by atoms with E-state index in [1.54, 1.807) is 0 Å². The van der Waals surface area contributed by atoms with Crippen molar-refractivity contribution < 1.29 is 14.6 Å². The molecule has 6 rings (SSSR count). The molecule has 3 aliphatic rings. The molecular weight excluding hydrogens is 406 g/mol. The third-order valence-corrected chi connectivity index (χ3v) is 6.68. The highest BCUT2D eigenvalue weighted by Crippen LogP contribution is 2.45. The fourth-order valence-corrected chi connectivity index (χ4v) is 4.55. The Morgan fingerprint density at radius 2 is 1.88 bits per heavy atom. The number of anilines is 1. The second-order valence-electron chi connectivity index (χ2n) is 9.10. The van der Waals surface area contributed by atoms with Gasteiger partial charge in [-0.2, -0.15) is 5.10 Å². The number of nitrogens with zero attached hydrogens (tertiary/aromatic N) is 5. The average molecular weight is 431 g/mol. The summed E-state index contributed by atoms with van der Waals surface area (Å²) in [5, 5.41) is 14.4. The van der Waals surface area contributed by atoms with E-state index in [9.17, 15) is 9.90 Å². The van der Waals surface area contributed by atoms with Gasteiger partial charge < -0.3 is 9.84 Å². The van der Waals surface area contributed by atoms with Crippen LogP contribution in [0.25, 0.3) is 11.1 Å². The predicted molar refractivity (Wildman–Crippen MR) is 118 cm³/mol. The lowest BCUT2D eigenvalue weighted by Crippen LogP contribution is -2.41. The van der Waals surface area contributed by atoms with Crippen molar-refractivity contribution in [3.8, 4) is 22.9 Å². The molecular formula is C24H25N5O3. The van der Waals surface area contributed by atoms with Gasteiger partial charge >= 0.3 is 12.1 Å². The second-order valence-corrected chi connectivity index (χ2v) is 9.10. The summed E-state index contributed by atoms with van der Waals surface area (Å²) >= 11 is 0. The molecule has 1 N–H and O–H groups in total. The lowest BCUT2D eigenvalue weighted by molar-refractivity contribution is 0.198. The van der Waals surface area contributed by atoms with Gasteiger partial charge in [-0.1, -0.05) is 0 Å². The number of amides is 1. The smallest absolute Gasteiger partial charge is 0.412 e. The topological polar surface area (TPSA) is 93.4 Å². The first kappa shape index (κ1) is 19.3. The maximum Gasteiger partial charge on any atom is 0.412 e. The molecule has 3 heterocycles. The molecule has 2 aliphatic carbocycles. The number of ether oxygens (including phenoxy) is 1. The van der Waals surface area contributed by atoms with E-state index < -0.39 is 6.09 Å². The number of carbonyl (C=O) groups is 1. The van der Waals surface area contributed by atoms with Crippen LogP contribution in [-0.4, -0.2) is 37.0 Å². The maximum atomic E-state index is 12.0. The maximum absolute atomic E-state index is 12.0. The highest BCUT2D eigenvalue weighted by atomic mass is 16.5. The van der Waals surface area contributed by atoms with E-state index in [4.69, 9.17) is 4.74 Å². The molecule has 1 atom stereocenters. The van der Waals surface area contributed by atoms with Crippen molar-refractivity contribution in [1.82, 2.24) is 19.7 Å². The molecule has 1 aromatic carbocycles. The summed E-state index contributed by atoms with van der Waals surface area (Å²) in [6.45, 7) is 1.94. The fraction of sp³-hybridized carbons (Fsp3) is 0.417. The second kappa shape index (κ2) is 7.32. The number of hydrogen-bond donors (Lipinski definition) is 1. The molecule has 2 fully saturated rings. The monoisotopic (exact) mass is 431 g/mol. The minimum Gasteiger partial charge on any atom is -0.465 e. The van der Waals surface area contributed by atoms with Crippen LogP contribution in [0.5, 0.6) is 11.8 Å². The van der Waals surface area contributed by atoms with Gasteiger partial charge in [-0.15, -0.1) is 0 Å². The Morgan fingerprint density at radius 3 is 2.56 bits per heavy atom. The molecule has 8 heteroatoms. The summed E-state index contributed by atoms with van der Waals surface area (Å²) in [4.78, 5) is 22.3. The molecule has 1 aliphatic heterocycles. The summed E-state index contributed by atoms with van der Waals surface area (Å²) in [7, 11) is 0. The molecule has 8 nitrogen and oxygen atoms in total. The summed E-state index contributed by atoms with van der Waals surface area (Å²) < 4.78 is 8.29. The number of aromatic nitrogens is 4. The first-order valence-corrected chi connectivity index (χ1v) is 11.3. The van der Waals surface area contributed by atoms with Gasteiger partial charge in [0.1, 0.15) is 5.75 Å². The van der Waals surface area contributed by atoms with Gasteiger partial charge in [0.2, 0.25) is 0 Å². The third-order valence-electron chi connectivity index (χ3n) is 6.68. The lowest BCUT2D eigenvalue weighted by atomic mass is 9.92. The summed E-state index contributed by atoms with van der Waals surface area (Å²) in [6.07, 6.45) is 12.8. The third kappa shape index (κ3) is 3.39. The van der Waals surface area contributed by atoms with E-state index in [0.717, 1.165) is 47.9 Å². The molecule has 0 unspecified atom stereocenters. The van der Waals surface area contributed by atoms with Crippen LogP contribution >= 0.6 is 0 Å². The molecule has 0 saturated heterocycles. The van der Waals surface area contributed by atoms with Crippen LogP contribution in [-0.2, 0) is 6.42 Å². The van der Waals surface area contributed by atoms with Crippen molar-refractivity contribution in [3.05, 3.63) is 48.0 Å². The number of carboxylic acid groups (broad SMARTS) is 1. The standard InChI is InChI=1S/C24H25N5O3/c1-14-2-7-20-21(29(14)24(30)31)9-8-19(17-12-27-28(13-17)18-5-6-18)22(20)32-23-25-10-16(11-26-23)15-3-4-15/h8-15,18H,2-7H2,1H3,(H,30,31)/t14-/m0/s1. The Labute approximate surface area is 185 Å². The molecule has 0 bridgehead atoms. The minimum absolute atomic E-state index is 0.0922. The number of rotatable bonds is 5. The van der Waals surface area contributed by atoms with Crippen molar-refractivity contribution >= 4 is 11.8 Å². The van der Waals surface area contributed by atoms with Crippen LogP contribution in [0.3, 0.4) is 0 Å².